The largest absolute Gasteiger partial charge is 0.324 e. The number of rotatable bonds is 3. The second kappa shape index (κ2) is 4.78. The summed E-state index contributed by atoms with van der Waals surface area (Å²) in [6.45, 7) is 4.27. The number of nitriles is 1. The molecule has 0 spiro atoms. The van der Waals surface area contributed by atoms with Crippen LogP contribution in [0.4, 0.5) is 0 Å². The lowest BCUT2D eigenvalue weighted by atomic mass is 9.95. The van der Waals surface area contributed by atoms with Crippen molar-refractivity contribution in [3.63, 3.8) is 0 Å². The first kappa shape index (κ1) is 10.7. The van der Waals surface area contributed by atoms with Gasteiger partial charge in [0, 0.05) is 6.04 Å². The summed E-state index contributed by atoms with van der Waals surface area (Å²) in [6, 6.07) is 9.69. The van der Waals surface area contributed by atoms with Crippen molar-refractivity contribution in [3.05, 3.63) is 35.4 Å². The fourth-order valence-corrected chi connectivity index (χ4v) is 1.56. The lowest BCUT2D eigenvalue weighted by Crippen LogP contribution is -2.14. The van der Waals surface area contributed by atoms with Crippen LogP contribution in [0.1, 0.15) is 37.4 Å². The molecule has 0 fully saturated rings. The van der Waals surface area contributed by atoms with Gasteiger partial charge in [0.2, 0.25) is 0 Å². The fourth-order valence-electron chi connectivity index (χ4n) is 1.56. The molecule has 0 bridgehead atoms. The van der Waals surface area contributed by atoms with Gasteiger partial charge in [-0.15, -0.1) is 0 Å². The molecule has 0 aliphatic carbocycles. The van der Waals surface area contributed by atoms with Crippen LogP contribution in [0.2, 0.25) is 0 Å². The van der Waals surface area contributed by atoms with Gasteiger partial charge in [-0.2, -0.15) is 5.26 Å². The van der Waals surface area contributed by atoms with Gasteiger partial charge in [-0.1, -0.05) is 32.0 Å². The molecule has 74 valence electrons. The summed E-state index contributed by atoms with van der Waals surface area (Å²) >= 11 is 0. The highest BCUT2D eigenvalue weighted by Crippen LogP contribution is 2.21. The molecule has 0 heterocycles. The first-order valence-electron chi connectivity index (χ1n) is 4.89. The third-order valence-electron chi connectivity index (χ3n) is 2.21. The van der Waals surface area contributed by atoms with E-state index in [0.717, 1.165) is 12.0 Å². The summed E-state index contributed by atoms with van der Waals surface area (Å²) in [6.07, 6.45) is 0.915. The average Bonchev–Trinajstić information content (AvgIpc) is 2.16. The molecular formula is C12H16N2. The van der Waals surface area contributed by atoms with Gasteiger partial charge in [0.05, 0.1) is 11.6 Å². The molecule has 0 saturated heterocycles. The van der Waals surface area contributed by atoms with Gasteiger partial charge in [0.1, 0.15) is 0 Å². The van der Waals surface area contributed by atoms with Crippen LogP contribution >= 0.6 is 0 Å². The van der Waals surface area contributed by atoms with Crippen molar-refractivity contribution in [2.75, 3.05) is 0 Å². The van der Waals surface area contributed by atoms with Gasteiger partial charge in [0.25, 0.3) is 0 Å². The zero-order chi connectivity index (χ0) is 10.6. The molecule has 0 aliphatic rings. The molecule has 0 radical (unpaired) electrons. The summed E-state index contributed by atoms with van der Waals surface area (Å²) < 4.78 is 0. The predicted octanol–water partition coefficient (Wildman–Crippen LogP) is 2.60. The molecule has 1 atom stereocenters. The summed E-state index contributed by atoms with van der Waals surface area (Å²) in [5, 5.41) is 8.90. The van der Waals surface area contributed by atoms with Gasteiger partial charge < -0.3 is 5.73 Å². The molecule has 0 amide bonds. The molecule has 0 unspecified atom stereocenters. The molecule has 2 heteroatoms. The summed E-state index contributed by atoms with van der Waals surface area (Å²) in [5.41, 5.74) is 7.68. The summed E-state index contributed by atoms with van der Waals surface area (Å²) in [4.78, 5) is 0. The maximum absolute atomic E-state index is 8.90. The first-order valence-corrected chi connectivity index (χ1v) is 4.89. The van der Waals surface area contributed by atoms with Crippen LogP contribution in [0.15, 0.2) is 24.3 Å². The number of hydrogen-bond donors (Lipinski definition) is 1. The molecule has 1 rings (SSSR count). The van der Waals surface area contributed by atoms with Crippen LogP contribution in [-0.2, 0) is 0 Å². The van der Waals surface area contributed by atoms with E-state index in [9.17, 15) is 0 Å². The zero-order valence-electron chi connectivity index (χ0n) is 8.70. The van der Waals surface area contributed by atoms with Crippen molar-refractivity contribution in [2.24, 2.45) is 11.7 Å². The predicted molar refractivity (Wildman–Crippen MR) is 57.5 cm³/mol. The second-order valence-corrected chi connectivity index (χ2v) is 3.94. The minimum atomic E-state index is -0.0224. The van der Waals surface area contributed by atoms with Crippen LogP contribution in [0.5, 0.6) is 0 Å². The Morgan fingerprint density at radius 3 is 2.57 bits per heavy atom. The van der Waals surface area contributed by atoms with E-state index in [0.29, 0.717) is 11.5 Å². The van der Waals surface area contributed by atoms with Crippen LogP contribution in [0.25, 0.3) is 0 Å². The first-order chi connectivity index (χ1) is 6.65. The Hall–Kier alpha value is -1.33. The van der Waals surface area contributed by atoms with E-state index in [4.69, 9.17) is 11.0 Å². The Balaban J connectivity index is 2.89. The Kier molecular flexibility index (Phi) is 3.67. The van der Waals surface area contributed by atoms with E-state index in [1.54, 1.807) is 0 Å². The van der Waals surface area contributed by atoms with Crippen LogP contribution in [0, 0.1) is 17.2 Å². The van der Waals surface area contributed by atoms with E-state index >= 15 is 0 Å². The Morgan fingerprint density at radius 1 is 1.36 bits per heavy atom. The minimum Gasteiger partial charge on any atom is -0.324 e. The molecule has 0 aliphatic heterocycles. The van der Waals surface area contributed by atoms with Gasteiger partial charge in [0.15, 0.2) is 0 Å². The molecule has 0 saturated carbocycles. The number of hydrogen-bond acceptors (Lipinski definition) is 2. The third kappa shape index (κ3) is 2.58. The van der Waals surface area contributed by atoms with Crippen molar-refractivity contribution in [1.29, 1.82) is 5.26 Å². The maximum Gasteiger partial charge on any atom is 0.0995 e. The standard InChI is InChI=1S/C12H16N2/c1-9(2)7-12(14)11-6-4-3-5-10(11)8-13/h3-6,9,12H,7,14H2,1-2H3/t12-/m1/s1. The smallest absolute Gasteiger partial charge is 0.0995 e. The van der Waals surface area contributed by atoms with E-state index in [1.807, 2.05) is 24.3 Å². The van der Waals surface area contributed by atoms with Crippen molar-refractivity contribution in [3.8, 4) is 6.07 Å². The highest BCUT2D eigenvalue weighted by atomic mass is 14.6. The summed E-state index contributed by atoms with van der Waals surface area (Å²) in [5.74, 6) is 0.553. The number of nitrogens with zero attached hydrogens (tertiary/aromatic N) is 1. The molecule has 1 aromatic carbocycles. The molecule has 2 nitrogen and oxygen atoms in total. The monoisotopic (exact) mass is 188 g/mol. The quantitative estimate of drug-likeness (QED) is 0.792. The SMILES string of the molecule is CC(C)C[C@@H](N)c1ccccc1C#N. The van der Waals surface area contributed by atoms with Gasteiger partial charge in [-0.3, -0.25) is 0 Å². The Bertz CT molecular complexity index is 336. The van der Waals surface area contributed by atoms with Gasteiger partial charge in [-0.25, -0.2) is 0 Å². The van der Waals surface area contributed by atoms with Crippen molar-refractivity contribution >= 4 is 0 Å². The highest BCUT2D eigenvalue weighted by molar-refractivity contribution is 5.39. The summed E-state index contributed by atoms with van der Waals surface area (Å²) in [7, 11) is 0. The lowest BCUT2D eigenvalue weighted by molar-refractivity contribution is 0.509. The third-order valence-corrected chi connectivity index (χ3v) is 2.21. The Labute approximate surface area is 85.4 Å². The zero-order valence-corrected chi connectivity index (χ0v) is 8.70. The normalized spacial score (nSPS) is 12.5. The lowest BCUT2D eigenvalue weighted by Gasteiger charge is -2.15. The van der Waals surface area contributed by atoms with Gasteiger partial charge >= 0.3 is 0 Å². The van der Waals surface area contributed by atoms with Crippen LogP contribution < -0.4 is 5.73 Å². The van der Waals surface area contributed by atoms with Crippen LogP contribution in [-0.4, -0.2) is 0 Å². The average molecular weight is 188 g/mol. The number of benzene rings is 1. The minimum absolute atomic E-state index is 0.0224. The molecular weight excluding hydrogens is 172 g/mol. The van der Waals surface area contributed by atoms with Crippen molar-refractivity contribution in [2.45, 2.75) is 26.3 Å². The van der Waals surface area contributed by atoms with E-state index < -0.39 is 0 Å². The molecule has 14 heavy (non-hydrogen) atoms. The van der Waals surface area contributed by atoms with Crippen molar-refractivity contribution < 1.29 is 0 Å². The second-order valence-electron chi connectivity index (χ2n) is 3.94. The van der Waals surface area contributed by atoms with E-state index in [2.05, 4.69) is 19.9 Å². The topological polar surface area (TPSA) is 49.8 Å². The maximum atomic E-state index is 8.90. The van der Waals surface area contributed by atoms with E-state index in [-0.39, 0.29) is 6.04 Å². The Morgan fingerprint density at radius 2 is 2.00 bits per heavy atom. The van der Waals surface area contributed by atoms with Gasteiger partial charge in [-0.05, 0) is 24.0 Å². The fraction of sp³-hybridized carbons (Fsp3) is 0.417. The molecule has 0 aromatic heterocycles. The molecule has 1 aromatic rings. The molecule has 2 N–H and O–H groups in total. The van der Waals surface area contributed by atoms with E-state index in [1.165, 1.54) is 0 Å². The highest BCUT2D eigenvalue weighted by Gasteiger charge is 2.11. The van der Waals surface area contributed by atoms with Crippen LogP contribution in [0.3, 0.4) is 0 Å². The van der Waals surface area contributed by atoms with Crippen molar-refractivity contribution in [1.82, 2.24) is 0 Å². The number of nitrogens with two attached hydrogens (primary N) is 1.